The summed E-state index contributed by atoms with van der Waals surface area (Å²) < 4.78 is 0. The minimum absolute atomic E-state index is 0.0985. The number of aromatic amines is 1. The predicted octanol–water partition coefficient (Wildman–Crippen LogP) is 4.83. The van der Waals surface area contributed by atoms with Gasteiger partial charge in [-0.25, -0.2) is 0 Å². The minimum atomic E-state index is 0.0985. The van der Waals surface area contributed by atoms with Crippen LogP contribution in [0.5, 0.6) is 0 Å². The largest absolute Gasteiger partial charge is 0.358 e. The number of hydrogen-bond donors (Lipinski definition) is 1. The molecule has 0 radical (unpaired) electrons. The van der Waals surface area contributed by atoms with Gasteiger partial charge in [-0.2, -0.15) is 0 Å². The molecular formula is C17H15NOS. The van der Waals surface area contributed by atoms with Gasteiger partial charge in [-0.05, 0) is 44.2 Å². The fourth-order valence-electron chi connectivity index (χ4n) is 2.26. The van der Waals surface area contributed by atoms with E-state index in [-0.39, 0.29) is 5.78 Å². The Labute approximate surface area is 122 Å². The molecule has 0 saturated carbocycles. The van der Waals surface area contributed by atoms with E-state index in [4.69, 9.17) is 0 Å². The molecule has 2 aromatic carbocycles. The van der Waals surface area contributed by atoms with Gasteiger partial charge in [0.25, 0.3) is 0 Å². The number of Topliss-reactive ketones (excluding diaryl/α,β-unsaturated/α-hetero) is 1. The summed E-state index contributed by atoms with van der Waals surface area (Å²) >= 11 is 1.73. The quantitative estimate of drug-likeness (QED) is 0.697. The number of carbonyl (C=O) groups excluding carboxylic acids is 1. The lowest BCUT2D eigenvalue weighted by Gasteiger charge is -2.02. The van der Waals surface area contributed by atoms with Crippen molar-refractivity contribution in [2.75, 3.05) is 0 Å². The van der Waals surface area contributed by atoms with E-state index >= 15 is 0 Å². The predicted molar refractivity (Wildman–Crippen MR) is 83.6 cm³/mol. The van der Waals surface area contributed by atoms with Gasteiger partial charge >= 0.3 is 0 Å². The zero-order chi connectivity index (χ0) is 14.1. The van der Waals surface area contributed by atoms with Crippen molar-refractivity contribution in [3.8, 4) is 0 Å². The van der Waals surface area contributed by atoms with Crippen molar-refractivity contribution in [3.05, 3.63) is 59.8 Å². The molecule has 0 saturated heterocycles. The van der Waals surface area contributed by atoms with E-state index in [0.29, 0.717) is 0 Å². The molecule has 0 atom stereocenters. The second kappa shape index (κ2) is 5.17. The first-order valence-corrected chi connectivity index (χ1v) is 7.33. The number of nitrogens with one attached hydrogen (secondary N) is 1. The van der Waals surface area contributed by atoms with Crippen LogP contribution in [-0.2, 0) is 0 Å². The molecule has 3 heteroatoms. The summed E-state index contributed by atoms with van der Waals surface area (Å²) in [5, 5.41) is 1.11. The van der Waals surface area contributed by atoms with Crippen LogP contribution in [0.3, 0.4) is 0 Å². The summed E-state index contributed by atoms with van der Waals surface area (Å²) in [5.41, 5.74) is 2.96. The van der Waals surface area contributed by atoms with Crippen LogP contribution in [0.25, 0.3) is 10.9 Å². The molecule has 3 rings (SSSR count). The molecule has 3 aromatic rings. The van der Waals surface area contributed by atoms with Crippen molar-refractivity contribution in [1.29, 1.82) is 0 Å². The van der Waals surface area contributed by atoms with Gasteiger partial charge in [0.15, 0.2) is 5.78 Å². The van der Waals surface area contributed by atoms with E-state index in [1.807, 2.05) is 36.4 Å². The standard InChI is InChI=1S/C17H15NOS/c1-11-17(20-14-6-4-3-5-7-14)15-10-13(12(2)19)8-9-16(15)18-11/h3-10,18H,1-2H3. The average Bonchev–Trinajstić information content (AvgIpc) is 2.75. The van der Waals surface area contributed by atoms with E-state index < -0.39 is 0 Å². The molecular weight excluding hydrogens is 266 g/mol. The molecule has 0 amide bonds. The third kappa shape index (κ3) is 2.37. The highest BCUT2D eigenvalue weighted by atomic mass is 32.2. The molecule has 0 bridgehead atoms. The van der Waals surface area contributed by atoms with Crippen molar-refractivity contribution in [2.45, 2.75) is 23.6 Å². The van der Waals surface area contributed by atoms with Crippen LogP contribution < -0.4 is 0 Å². The van der Waals surface area contributed by atoms with Gasteiger partial charge in [0.05, 0.1) is 0 Å². The minimum Gasteiger partial charge on any atom is -0.358 e. The highest BCUT2D eigenvalue weighted by molar-refractivity contribution is 7.99. The van der Waals surface area contributed by atoms with Crippen molar-refractivity contribution in [2.24, 2.45) is 0 Å². The van der Waals surface area contributed by atoms with Gasteiger partial charge in [-0.3, -0.25) is 4.79 Å². The number of benzene rings is 2. The van der Waals surface area contributed by atoms with Crippen molar-refractivity contribution < 1.29 is 4.79 Å². The van der Waals surface area contributed by atoms with Gasteiger partial charge in [0, 0.05) is 32.0 Å². The number of aryl methyl sites for hydroxylation is 1. The maximum absolute atomic E-state index is 11.5. The number of H-pyrrole nitrogens is 1. The molecule has 0 spiro atoms. The Kier molecular flexibility index (Phi) is 3.36. The van der Waals surface area contributed by atoms with E-state index in [0.717, 1.165) is 22.2 Å². The third-order valence-electron chi connectivity index (χ3n) is 3.30. The summed E-state index contributed by atoms with van der Waals surface area (Å²) in [6.45, 7) is 3.67. The van der Waals surface area contributed by atoms with Crippen LogP contribution in [0.4, 0.5) is 0 Å². The molecule has 2 nitrogen and oxygen atoms in total. The lowest BCUT2D eigenvalue weighted by atomic mass is 10.1. The van der Waals surface area contributed by atoms with Crippen LogP contribution >= 0.6 is 11.8 Å². The van der Waals surface area contributed by atoms with Gasteiger partial charge in [0.2, 0.25) is 0 Å². The Morgan fingerprint density at radius 1 is 1.10 bits per heavy atom. The molecule has 0 fully saturated rings. The molecule has 0 aliphatic heterocycles. The Bertz CT molecular complexity index is 774. The van der Waals surface area contributed by atoms with Crippen LogP contribution in [-0.4, -0.2) is 10.8 Å². The molecule has 0 aliphatic carbocycles. The topological polar surface area (TPSA) is 32.9 Å². The molecule has 1 heterocycles. The number of fused-ring (bicyclic) bond motifs is 1. The second-order valence-electron chi connectivity index (χ2n) is 4.81. The summed E-state index contributed by atoms with van der Waals surface area (Å²) in [7, 11) is 0. The first kappa shape index (κ1) is 13.0. The van der Waals surface area contributed by atoms with Crippen molar-refractivity contribution in [3.63, 3.8) is 0 Å². The highest BCUT2D eigenvalue weighted by Crippen LogP contribution is 2.36. The monoisotopic (exact) mass is 281 g/mol. The summed E-state index contributed by atoms with van der Waals surface area (Å²) in [6.07, 6.45) is 0. The van der Waals surface area contributed by atoms with Crippen LogP contribution in [0.15, 0.2) is 58.3 Å². The van der Waals surface area contributed by atoms with E-state index in [9.17, 15) is 4.79 Å². The second-order valence-corrected chi connectivity index (χ2v) is 5.89. The van der Waals surface area contributed by atoms with E-state index in [2.05, 4.69) is 24.0 Å². The van der Waals surface area contributed by atoms with Crippen LogP contribution in [0, 0.1) is 6.92 Å². The van der Waals surface area contributed by atoms with Crippen LogP contribution in [0.1, 0.15) is 23.0 Å². The van der Waals surface area contributed by atoms with Gasteiger partial charge in [-0.1, -0.05) is 30.0 Å². The number of ketones is 1. The SMILES string of the molecule is CC(=O)c1ccc2[nH]c(C)c(Sc3ccccc3)c2c1. The zero-order valence-electron chi connectivity index (χ0n) is 11.4. The molecule has 0 aliphatic rings. The maximum atomic E-state index is 11.5. The number of hydrogen-bond acceptors (Lipinski definition) is 2. The Hall–Kier alpha value is -2.00. The zero-order valence-corrected chi connectivity index (χ0v) is 12.3. The van der Waals surface area contributed by atoms with Gasteiger partial charge < -0.3 is 4.98 Å². The first-order chi connectivity index (χ1) is 9.65. The van der Waals surface area contributed by atoms with Gasteiger partial charge in [-0.15, -0.1) is 0 Å². The number of aromatic nitrogens is 1. The molecule has 0 unspecified atom stereocenters. The maximum Gasteiger partial charge on any atom is 0.159 e. The Morgan fingerprint density at radius 3 is 2.55 bits per heavy atom. The molecule has 100 valence electrons. The number of carbonyl (C=O) groups is 1. The van der Waals surface area contributed by atoms with Gasteiger partial charge in [0.1, 0.15) is 0 Å². The first-order valence-electron chi connectivity index (χ1n) is 6.51. The molecule has 20 heavy (non-hydrogen) atoms. The third-order valence-corrected chi connectivity index (χ3v) is 4.53. The lowest BCUT2D eigenvalue weighted by Crippen LogP contribution is -1.90. The normalized spacial score (nSPS) is 10.9. The van der Waals surface area contributed by atoms with Crippen molar-refractivity contribution in [1.82, 2.24) is 4.98 Å². The van der Waals surface area contributed by atoms with Crippen LogP contribution in [0.2, 0.25) is 0 Å². The molecule has 1 aromatic heterocycles. The van der Waals surface area contributed by atoms with Crippen molar-refractivity contribution >= 4 is 28.4 Å². The molecule has 1 N–H and O–H groups in total. The van der Waals surface area contributed by atoms with E-state index in [1.54, 1.807) is 18.7 Å². The fraction of sp³-hybridized carbons (Fsp3) is 0.118. The van der Waals surface area contributed by atoms with E-state index in [1.165, 1.54) is 9.79 Å². The highest BCUT2D eigenvalue weighted by Gasteiger charge is 2.11. The Morgan fingerprint density at radius 2 is 1.85 bits per heavy atom. The smallest absolute Gasteiger partial charge is 0.159 e. The summed E-state index contributed by atoms with van der Waals surface area (Å²) in [5.74, 6) is 0.0985. The summed E-state index contributed by atoms with van der Waals surface area (Å²) in [6, 6.07) is 16.1. The summed E-state index contributed by atoms with van der Waals surface area (Å²) in [4.78, 5) is 17.3. The Balaban J connectivity index is 2.11. The lowest BCUT2D eigenvalue weighted by molar-refractivity contribution is 0.101. The average molecular weight is 281 g/mol. The number of rotatable bonds is 3. The fourth-order valence-corrected chi connectivity index (χ4v) is 3.27.